The van der Waals surface area contributed by atoms with Crippen LogP contribution >= 0.6 is 0 Å². The molecule has 1 aromatic rings. The van der Waals surface area contributed by atoms with E-state index in [0.29, 0.717) is 5.56 Å². The van der Waals surface area contributed by atoms with Crippen molar-refractivity contribution in [2.45, 2.75) is 25.2 Å². The van der Waals surface area contributed by atoms with E-state index in [0.717, 1.165) is 24.8 Å². The summed E-state index contributed by atoms with van der Waals surface area (Å²) in [5.74, 6) is -0.784. The third-order valence-electron chi connectivity index (χ3n) is 5.26. The van der Waals surface area contributed by atoms with Gasteiger partial charge in [-0.15, -0.1) is 0 Å². The molecule has 7 nitrogen and oxygen atoms in total. The normalized spacial score (nSPS) is 23.7. The number of nitro benzene ring substituents is 1. The predicted octanol–water partition coefficient (Wildman–Crippen LogP) is 3.19. The number of nitriles is 3. The molecule has 2 aliphatic rings. The lowest BCUT2D eigenvalue weighted by Gasteiger charge is -2.43. The molecule has 0 saturated heterocycles. The van der Waals surface area contributed by atoms with Gasteiger partial charge >= 0.3 is 0 Å². The summed E-state index contributed by atoms with van der Waals surface area (Å²) in [6, 6.07) is 12.0. The van der Waals surface area contributed by atoms with E-state index in [9.17, 15) is 25.9 Å². The molecule has 0 bridgehead atoms. The van der Waals surface area contributed by atoms with E-state index in [1.807, 2.05) is 18.2 Å². The molecule has 0 spiro atoms. The van der Waals surface area contributed by atoms with Gasteiger partial charge in [-0.2, -0.15) is 15.8 Å². The Morgan fingerprint density at radius 1 is 1.19 bits per heavy atom. The summed E-state index contributed by atoms with van der Waals surface area (Å²) in [6.07, 6.45) is 4.36. The van der Waals surface area contributed by atoms with Gasteiger partial charge in [-0.3, -0.25) is 10.1 Å². The van der Waals surface area contributed by atoms with Crippen molar-refractivity contribution >= 4 is 5.69 Å². The molecule has 1 aromatic carbocycles. The van der Waals surface area contributed by atoms with E-state index in [4.69, 9.17) is 5.73 Å². The highest BCUT2D eigenvalue weighted by Crippen LogP contribution is 2.55. The number of allylic oxidation sites excluding steroid dienone is 4. The maximum Gasteiger partial charge on any atom is 0.269 e. The number of nitrogens with two attached hydrogens (primary N) is 1. The van der Waals surface area contributed by atoms with Crippen molar-refractivity contribution in [3.8, 4) is 18.2 Å². The molecule has 2 N–H and O–H groups in total. The largest absolute Gasteiger partial charge is 0.399 e. The first-order valence-electron chi connectivity index (χ1n) is 8.17. The maximum absolute atomic E-state index is 10.9. The Morgan fingerprint density at radius 3 is 2.38 bits per heavy atom. The molecule has 2 atom stereocenters. The topological polar surface area (TPSA) is 141 Å². The van der Waals surface area contributed by atoms with E-state index in [2.05, 4.69) is 6.07 Å². The number of hydrogen-bond acceptors (Lipinski definition) is 6. The molecule has 128 valence electrons. The smallest absolute Gasteiger partial charge is 0.269 e. The van der Waals surface area contributed by atoms with E-state index in [1.165, 1.54) is 12.1 Å². The summed E-state index contributed by atoms with van der Waals surface area (Å²) < 4.78 is 0. The third kappa shape index (κ3) is 2.32. The van der Waals surface area contributed by atoms with Crippen molar-refractivity contribution < 1.29 is 4.92 Å². The molecule has 26 heavy (non-hydrogen) atoms. The predicted molar refractivity (Wildman–Crippen MR) is 91.7 cm³/mol. The lowest BCUT2D eigenvalue weighted by atomic mass is 9.57. The van der Waals surface area contributed by atoms with Gasteiger partial charge in [0.2, 0.25) is 0 Å². The third-order valence-corrected chi connectivity index (χ3v) is 5.26. The average molecular weight is 345 g/mol. The van der Waals surface area contributed by atoms with Crippen LogP contribution in [0.2, 0.25) is 0 Å². The summed E-state index contributed by atoms with van der Waals surface area (Å²) >= 11 is 0. The number of fused-ring (bicyclic) bond motifs is 1. The summed E-state index contributed by atoms with van der Waals surface area (Å²) in [5.41, 5.74) is 6.02. The van der Waals surface area contributed by atoms with Crippen molar-refractivity contribution in [2.75, 3.05) is 0 Å². The van der Waals surface area contributed by atoms with E-state index in [1.54, 1.807) is 12.1 Å². The first-order chi connectivity index (χ1) is 12.5. The van der Waals surface area contributed by atoms with Crippen LogP contribution in [0.5, 0.6) is 0 Å². The second kappa shape index (κ2) is 6.35. The van der Waals surface area contributed by atoms with Gasteiger partial charge in [-0.25, -0.2) is 0 Å². The molecule has 0 unspecified atom stereocenters. The molecule has 0 aliphatic heterocycles. The molecule has 2 aliphatic carbocycles. The van der Waals surface area contributed by atoms with Crippen molar-refractivity contribution in [1.29, 1.82) is 15.8 Å². The molecule has 0 radical (unpaired) electrons. The van der Waals surface area contributed by atoms with Gasteiger partial charge in [-0.1, -0.05) is 18.2 Å². The molecule has 0 fully saturated rings. The van der Waals surface area contributed by atoms with Gasteiger partial charge in [0.15, 0.2) is 5.41 Å². The fourth-order valence-corrected chi connectivity index (χ4v) is 4.05. The number of nitro groups is 1. The minimum atomic E-state index is -1.68. The highest BCUT2D eigenvalue weighted by Gasteiger charge is 2.53. The monoisotopic (exact) mass is 345 g/mol. The first-order valence-corrected chi connectivity index (χ1v) is 8.17. The summed E-state index contributed by atoms with van der Waals surface area (Å²) in [6.45, 7) is 0. The quantitative estimate of drug-likeness (QED) is 0.644. The zero-order chi connectivity index (χ0) is 18.9. The Bertz CT molecular complexity index is 940. The van der Waals surface area contributed by atoms with Crippen LogP contribution in [0.1, 0.15) is 30.7 Å². The SMILES string of the molecule is N#CC1=C(N)C(C#N)(C#N)[C@@H](c2ccc([N+](=O)[O-])cc2)[C@H]2CCCC=C12. The Balaban J connectivity index is 2.26. The van der Waals surface area contributed by atoms with E-state index < -0.39 is 16.3 Å². The number of nitrogens with zero attached hydrogens (tertiary/aromatic N) is 4. The lowest BCUT2D eigenvalue weighted by molar-refractivity contribution is -0.384. The summed E-state index contributed by atoms with van der Waals surface area (Å²) in [5, 5.41) is 40.2. The number of rotatable bonds is 2. The lowest BCUT2D eigenvalue weighted by Crippen LogP contribution is -2.42. The molecule has 0 heterocycles. The fraction of sp³-hybridized carbons (Fsp3) is 0.316. The van der Waals surface area contributed by atoms with Gasteiger partial charge in [0.25, 0.3) is 5.69 Å². The van der Waals surface area contributed by atoms with Gasteiger partial charge in [-0.05, 0) is 36.3 Å². The Hall–Kier alpha value is -3.63. The van der Waals surface area contributed by atoms with Crippen molar-refractivity contribution in [1.82, 2.24) is 0 Å². The van der Waals surface area contributed by atoms with Crippen LogP contribution in [0, 0.1) is 55.4 Å². The van der Waals surface area contributed by atoms with Gasteiger partial charge in [0.05, 0.1) is 28.3 Å². The minimum Gasteiger partial charge on any atom is -0.399 e. The number of hydrogen-bond donors (Lipinski definition) is 1. The van der Waals surface area contributed by atoms with Gasteiger partial charge in [0, 0.05) is 18.1 Å². The van der Waals surface area contributed by atoms with Crippen LogP contribution in [0.25, 0.3) is 0 Å². The average Bonchev–Trinajstić information content (AvgIpc) is 2.67. The Labute approximate surface area is 150 Å². The molecule has 0 aromatic heterocycles. The molecule has 0 saturated carbocycles. The highest BCUT2D eigenvalue weighted by molar-refractivity contribution is 5.59. The van der Waals surface area contributed by atoms with Crippen LogP contribution in [-0.4, -0.2) is 4.92 Å². The van der Waals surface area contributed by atoms with Crippen LogP contribution in [0.4, 0.5) is 5.69 Å². The Kier molecular flexibility index (Phi) is 4.20. The highest BCUT2D eigenvalue weighted by atomic mass is 16.6. The van der Waals surface area contributed by atoms with Gasteiger partial charge < -0.3 is 5.73 Å². The summed E-state index contributed by atoms with van der Waals surface area (Å²) in [4.78, 5) is 10.4. The first kappa shape index (κ1) is 17.2. The molecule has 3 rings (SSSR count). The van der Waals surface area contributed by atoms with Crippen molar-refractivity contribution in [3.05, 3.63) is 62.9 Å². The molecule has 0 amide bonds. The second-order valence-electron chi connectivity index (χ2n) is 6.46. The van der Waals surface area contributed by atoms with Crippen LogP contribution in [0.3, 0.4) is 0 Å². The standard InChI is InChI=1S/C19H15N5O2/c20-9-16-14-3-1-2-4-15(14)17(19(10-21,11-22)18(16)23)12-5-7-13(8-6-12)24(25)26/h3,5-8,15,17H,1-2,4,23H2/t15-,17-/m0/s1. The number of non-ortho nitro benzene ring substituents is 1. The molecule has 7 heteroatoms. The van der Waals surface area contributed by atoms with Gasteiger partial charge in [0.1, 0.15) is 6.07 Å². The zero-order valence-electron chi connectivity index (χ0n) is 13.8. The van der Waals surface area contributed by atoms with Crippen LogP contribution < -0.4 is 5.73 Å². The second-order valence-corrected chi connectivity index (χ2v) is 6.46. The van der Waals surface area contributed by atoms with Crippen LogP contribution in [0.15, 0.2) is 47.2 Å². The van der Waals surface area contributed by atoms with E-state index in [-0.39, 0.29) is 22.9 Å². The summed E-state index contributed by atoms with van der Waals surface area (Å²) in [7, 11) is 0. The molecular formula is C19H15N5O2. The van der Waals surface area contributed by atoms with Crippen molar-refractivity contribution in [2.24, 2.45) is 17.1 Å². The Morgan fingerprint density at radius 2 is 1.85 bits per heavy atom. The zero-order valence-corrected chi connectivity index (χ0v) is 13.8. The number of benzene rings is 1. The minimum absolute atomic E-state index is 0.0299. The van der Waals surface area contributed by atoms with Crippen LogP contribution in [-0.2, 0) is 0 Å². The fourth-order valence-electron chi connectivity index (χ4n) is 4.05. The van der Waals surface area contributed by atoms with Crippen molar-refractivity contribution in [3.63, 3.8) is 0 Å². The molecular weight excluding hydrogens is 330 g/mol. The maximum atomic E-state index is 10.9. The van der Waals surface area contributed by atoms with E-state index >= 15 is 0 Å².